The van der Waals surface area contributed by atoms with Gasteiger partial charge in [0.05, 0.1) is 0 Å². The third-order valence-electron chi connectivity index (χ3n) is 3.57. The second kappa shape index (κ2) is 9.26. The largest absolute Gasteiger partial charge is 0.457 e. The summed E-state index contributed by atoms with van der Waals surface area (Å²) in [6.07, 6.45) is 0. The Kier molecular flexibility index (Phi) is 6.29. The number of hydrogen-bond donors (Lipinski definition) is 2. The van der Waals surface area contributed by atoms with Crippen molar-refractivity contribution in [3.8, 4) is 16.9 Å². The normalized spacial score (nSPS) is 9.82. The number of ether oxygens (including phenoxy) is 1. The molecule has 0 fully saturated rings. The van der Waals surface area contributed by atoms with E-state index < -0.39 is 11.8 Å². The van der Waals surface area contributed by atoms with Gasteiger partial charge < -0.3 is 15.4 Å². The molecule has 28 heavy (non-hydrogen) atoms. The second-order valence-electron chi connectivity index (χ2n) is 5.57. The Balaban J connectivity index is 1.55. The summed E-state index contributed by atoms with van der Waals surface area (Å²) in [6, 6.07) is 22.7. The first-order valence-corrected chi connectivity index (χ1v) is 9.07. The Labute approximate surface area is 166 Å². The smallest absolute Gasteiger partial charge is 0.314 e. The Bertz CT molecular complexity index is 998. The van der Waals surface area contributed by atoms with Crippen LogP contribution < -0.4 is 15.4 Å². The van der Waals surface area contributed by atoms with Crippen molar-refractivity contribution in [2.75, 3.05) is 10.6 Å². The minimum Gasteiger partial charge on any atom is -0.457 e. The number of nitriles is 1. The van der Waals surface area contributed by atoms with E-state index >= 15 is 0 Å². The first kappa shape index (κ1) is 19.0. The molecule has 138 valence electrons. The summed E-state index contributed by atoms with van der Waals surface area (Å²) in [5, 5.41) is 15.6. The number of carbonyl (C=O) groups is 2. The van der Waals surface area contributed by atoms with Gasteiger partial charge in [-0.2, -0.15) is 5.26 Å². The maximum absolute atomic E-state index is 12.1. The highest BCUT2D eigenvalue weighted by molar-refractivity contribution is 8.03. The van der Waals surface area contributed by atoms with Crippen LogP contribution in [-0.2, 0) is 9.59 Å². The topological polar surface area (TPSA) is 91.2 Å². The minimum atomic E-state index is -0.787. The number of para-hydroxylation sites is 1. The summed E-state index contributed by atoms with van der Waals surface area (Å²) in [5.41, 5.74) is 0.940. The number of amides is 2. The Morgan fingerprint density at radius 1 is 0.750 bits per heavy atom. The lowest BCUT2D eigenvalue weighted by Crippen LogP contribution is -2.29. The average Bonchev–Trinajstić information content (AvgIpc) is 2.72. The highest BCUT2D eigenvalue weighted by Crippen LogP contribution is 2.23. The number of carbonyl (C=O) groups excluding carboxylic acids is 2. The van der Waals surface area contributed by atoms with Crippen molar-refractivity contribution in [3.63, 3.8) is 0 Å². The minimum absolute atomic E-state index is 0.467. The van der Waals surface area contributed by atoms with E-state index in [2.05, 4.69) is 10.6 Å². The molecular formula is C21H15N3O3S. The van der Waals surface area contributed by atoms with Crippen LogP contribution in [0.4, 0.5) is 11.4 Å². The number of hydrogen-bond acceptors (Lipinski definition) is 5. The average molecular weight is 389 g/mol. The molecule has 0 spiro atoms. The van der Waals surface area contributed by atoms with Crippen LogP contribution in [0.3, 0.4) is 0 Å². The SMILES string of the molecule is N#CSc1ccc(NC(=O)C(=O)Nc2ccc(Oc3ccccc3)cc2)cc1. The van der Waals surface area contributed by atoms with Gasteiger partial charge in [0.2, 0.25) is 0 Å². The van der Waals surface area contributed by atoms with Crippen molar-refractivity contribution in [1.29, 1.82) is 5.26 Å². The maximum atomic E-state index is 12.1. The molecule has 0 saturated heterocycles. The first-order valence-electron chi connectivity index (χ1n) is 8.25. The summed E-state index contributed by atoms with van der Waals surface area (Å²) in [7, 11) is 0. The Hall–Kier alpha value is -3.76. The number of thiocyanates is 1. The van der Waals surface area contributed by atoms with Crippen LogP contribution in [0, 0.1) is 10.7 Å². The van der Waals surface area contributed by atoms with Crippen LogP contribution in [-0.4, -0.2) is 11.8 Å². The first-order chi connectivity index (χ1) is 13.6. The van der Waals surface area contributed by atoms with E-state index in [4.69, 9.17) is 10.00 Å². The van der Waals surface area contributed by atoms with Crippen LogP contribution in [0.15, 0.2) is 83.8 Å². The predicted octanol–water partition coefficient (Wildman–Crippen LogP) is 4.63. The summed E-state index contributed by atoms with van der Waals surface area (Å²) < 4.78 is 5.68. The second-order valence-corrected chi connectivity index (χ2v) is 6.42. The van der Waals surface area contributed by atoms with Gasteiger partial charge in [-0.25, -0.2) is 0 Å². The van der Waals surface area contributed by atoms with E-state index in [-0.39, 0.29) is 0 Å². The van der Waals surface area contributed by atoms with Crippen molar-refractivity contribution >= 4 is 35.0 Å². The lowest BCUT2D eigenvalue weighted by molar-refractivity contribution is -0.132. The van der Waals surface area contributed by atoms with Gasteiger partial charge >= 0.3 is 11.8 Å². The van der Waals surface area contributed by atoms with Crippen molar-refractivity contribution < 1.29 is 14.3 Å². The van der Waals surface area contributed by atoms with E-state index in [0.717, 1.165) is 16.7 Å². The number of rotatable bonds is 5. The van der Waals surface area contributed by atoms with Crippen molar-refractivity contribution in [2.45, 2.75) is 4.90 Å². The van der Waals surface area contributed by atoms with E-state index in [0.29, 0.717) is 22.9 Å². The third-order valence-corrected chi connectivity index (χ3v) is 4.17. The molecular weight excluding hydrogens is 374 g/mol. The Morgan fingerprint density at radius 3 is 1.79 bits per heavy atom. The molecule has 0 radical (unpaired) electrons. The lowest BCUT2D eigenvalue weighted by Gasteiger charge is -2.08. The third kappa shape index (κ3) is 5.37. The van der Waals surface area contributed by atoms with E-state index in [9.17, 15) is 9.59 Å². The molecule has 0 heterocycles. The fourth-order valence-electron chi connectivity index (χ4n) is 2.27. The molecule has 7 heteroatoms. The van der Waals surface area contributed by atoms with Crippen LogP contribution in [0.2, 0.25) is 0 Å². The molecule has 0 aliphatic heterocycles. The number of anilines is 2. The summed E-state index contributed by atoms with van der Waals surface area (Å²) in [4.78, 5) is 24.8. The van der Waals surface area contributed by atoms with Gasteiger partial charge in [-0.3, -0.25) is 9.59 Å². The van der Waals surface area contributed by atoms with Crippen molar-refractivity contribution in [1.82, 2.24) is 0 Å². The standard InChI is InChI=1S/C21H15N3O3S/c22-14-28-19-12-8-16(9-13-19)24-21(26)20(25)23-15-6-10-18(11-7-15)27-17-4-2-1-3-5-17/h1-13H,(H,23,25)(H,24,26). The molecule has 6 nitrogen and oxygen atoms in total. The van der Waals surface area contributed by atoms with Gasteiger partial charge in [0.25, 0.3) is 0 Å². The highest BCUT2D eigenvalue weighted by atomic mass is 32.2. The summed E-state index contributed by atoms with van der Waals surface area (Å²) in [5.74, 6) is -0.251. The molecule has 0 saturated carbocycles. The van der Waals surface area contributed by atoms with Crippen LogP contribution >= 0.6 is 11.8 Å². The molecule has 0 aromatic heterocycles. The summed E-state index contributed by atoms with van der Waals surface area (Å²) in [6.45, 7) is 0. The molecule has 3 aromatic rings. The number of nitrogens with zero attached hydrogens (tertiary/aromatic N) is 1. The maximum Gasteiger partial charge on any atom is 0.314 e. The van der Waals surface area contributed by atoms with Gasteiger partial charge in [-0.05, 0) is 72.4 Å². The zero-order valence-corrected chi connectivity index (χ0v) is 15.4. The lowest BCUT2D eigenvalue weighted by atomic mass is 10.3. The molecule has 0 bridgehead atoms. The van der Waals surface area contributed by atoms with Crippen LogP contribution in [0.5, 0.6) is 11.5 Å². The van der Waals surface area contributed by atoms with E-state index in [1.54, 1.807) is 48.5 Å². The quantitative estimate of drug-likeness (QED) is 0.377. The van der Waals surface area contributed by atoms with Gasteiger partial charge in [0, 0.05) is 16.3 Å². The Morgan fingerprint density at radius 2 is 1.25 bits per heavy atom. The van der Waals surface area contributed by atoms with Crippen LogP contribution in [0.25, 0.3) is 0 Å². The van der Waals surface area contributed by atoms with Gasteiger partial charge in [0.1, 0.15) is 16.9 Å². The van der Waals surface area contributed by atoms with Crippen LogP contribution in [0.1, 0.15) is 0 Å². The van der Waals surface area contributed by atoms with Gasteiger partial charge in [0.15, 0.2) is 0 Å². The fourth-order valence-corrected chi connectivity index (χ4v) is 2.64. The molecule has 2 amide bonds. The molecule has 0 aliphatic carbocycles. The highest BCUT2D eigenvalue weighted by Gasteiger charge is 2.14. The molecule has 0 atom stereocenters. The monoisotopic (exact) mass is 389 g/mol. The number of nitrogens with one attached hydrogen (secondary N) is 2. The number of benzene rings is 3. The summed E-state index contributed by atoms with van der Waals surface area (Å²) >= 11 is 1.02. The zero-order chi connectivity index (χ0) is 19.8. The molecule has 0 unspecified atom stereocenters. The zero-order valence-electron chi connectivity index (χ0n) is 14.6. The van der Waals surface area contributed by atoms with E-state index in [1.165, 1.54) is 0 Å². The van der Waals surface area contributed by atoms with E-state index in [1.807, 2.05) is 35.7 Å². The van der Waals surface area contributed by atoms with Gasteiger partial charge in [-0.1, -0.05) is 18.2 Å². The van der Waals surface area contributed by atoms with Crippen molar-refractivity contribution in [2.24, 2.45) is 0 Å². The molecule has 0 aliphatic rings. The predicted molar refractivity (Wildman–Crippen MR) is 108 cm³/mol. The molecule has 3 rings (SSSR count). The number of thioether (sulfide) groups is 1. The van der Waals surface area contributed by atoms with Crippen molar-refractivity contribution in [3.05, 3.63) is 78.9 Å². The van der Waals surface area contributed by atoms with Gasteiger partial charge in [-0.15, -0.1) is 0 Å². The molecule has 3 aromatic carbocycles. The molecule has 2 N–H and O–H groups in total. The fraction of sp³-hybridized carbons (Fsp3) is 0.